The topological polar surface area (TPSA) is 89.1 Å². The summed E-state index contributed by atoms with van der Waals surface area (Å²) in [6.45, 7) is 8.69. The maximum Gasteiger partial charge on any atom is 4.00 e. The summed E-state index contributed by atoms with van der Waals surface area (Å²) in [5, 5.41) is 0. The van der Waals surface area contributed by atoms with E-state index in [0.717, 1.165) is 40.6 Å². The zero-order chi connectivity index (χ0) is 49.5. The molecular formula is C51H43F4N15OPtRh-4. The molecule has 5 aliphatic heterocycles. The Morgan fingerprint density at radius 2 is 1.08 bits per heavy atom. The molecule has 16 nitrogen and oxygen atoms in total. The Labute approximate surface area is 448 Å². The molecule has 5 aliphatic rings. The molecule has 4 aromatic heterocycles. The summed E-state index contributed by atoms with van der Waals surface area (Å²) in [5.74, 6) is -3.16. The fourth-order valence-electron chi connectivity index (χ4n) is 7.80. The number of pyridine rings is 3. The summed E-state index contributed by atoms with van der Waals surface area (Å²) in [4.78, 5) is 30.5. The quantitative estimate of drug-likeness (QED) is 0.0449. The minimum absolute atomic E-state index is 0. The molecule has 0 amide bonds. The molecule has 9 heterocycles. The van der Waals surface area contributed by atoms with Crippen LogP contribution in [0.25, 0.3) is 28.2 Å². The second-order valence-electron chi connectivity index (χ2n) is 16.7. The van der Waals surface area contributed by atoms with Gasteiger partial charge in [-0.15, -0.1) is 18.2 Å². The van der Waals surface area contributed by atoms with Gasteiger partial charge in [0.15, 0.2) is 0 Å². The number of halogens is 4. The van der Waals surface area contributed by atoms with Crippen LogP contribution in [-0.2, 0) is 47.6 Å². The van der Waals surface area contributed by atoms with E-state index >= 15 is 0 Å². The molecule has 0 saturated carbocycles. The Balaban J connectivity index is 0.000000249. The first kappa shape index (κ1) is 52.0. The van der Waals surface area contributed by atoms with Crippen molar-refractivity contribution in [3.05, 3.63) is 198 Å². The Kier molecular flexibility index (Phi) is 15.5. The molecule has 2 aromatic carbocycles. The van der Waals surface area contributed by atoms with E-state index in [0.29, 0.717) is 23.9 Å². The van der Waals surface area contributed by atoms with Gasteiger partial charge in [0.2, 0.25) is 6.33 Å². The third-order valence-electron chi connectivity index (χ3n) is 11.2. The molecule has 0 spiro atoms. The van der Waals surface area contributed by atoms with Gasteiger partial charge < -0.3 is 58.7 Å². The molecule has 22 heteroatoms. The Morgan fingerprint density at radius 1 is 0.589 bits per heavy atom. The maximum atomic E-state index is 13.6. The summed E-state index contributed by atoms with van der Waals surface area (Å²) in [6.07, 6.45) is 26.3. The molecule has 0 N–H and O–H groups in total. The summed E-state index contributed by atoms with van der Waals surface area (Å²) < 4.78 is 64.0. The number of benzene rings is 2. The molecule has 379 valence electrons. The number of imidazole rings is 1. The van der Waals surface area contributed by atoms with Gasteiger partial charge in [0.1, 0.15) is 36.2 Å². The Morgan fingerprint density at radius 3 is 1.53 bits per heavy atom. The molecule has 0 bridgehead atoms. The minimum atomic E-state index is -1.09. The van der Waals surface area contributed by atoms with Crippen LogP contribution >= 0.6 is 0 Å². The van der Waals surface area contributed by atoms with Crippen molar-refractivity contribution in [2.24, 2.45) is 7.05 Å². The molecule has 0 unspecified atom stereocenters. The van der Waals surface area contributed by atoms with E-state index in [4.69, 9.17) is 4.74 Å². The second kappa shape index (κ2) is 21.8. The van der Waals surface area contributed by atoms with Crippen LogP contribution in [0.4, 0.5) is 46.0 Å². The molecule has 1 radical (unpaired) electrons. The summed E-state index contributed by atoms with van der Waals surface area (Å²) in [6, 6.07) is 24.0. The van der Waals surface area contributed by atoms with E-state index in [-0.39, 0.29) is 63.1 Å². The van der Waals surface area contributed by atoms with Crippen LogP contribution in [0.15, 0.2) is 117 Å². The summed E-state index contributed by atoms with van der Waals surface area (Å²) in [5.41, 5.74) is 4.75. The van der Waals surface area contributed by atoms with Crippen molar-refractivity contribution < 1.29 is 67.4 Å². The molecule has 6 aromatic rings. The minimum Gasteiger partial charge on any atom is -0.562 e. The van der Waals surface area contributed by atoms with Crippen molar-refractivity contribution in [2.45, 2.75) is 0 Å². The number of hydrogen-bond donors (Lipinski definition) is 0. The number of aryl methyl sites for hydroxylation is 1. The van der Waals surface area contributed by atoms with Crippen molar-refractivity contribution in [2.75, 3.05) is 66.4 Å². The van der Waals surface area contributed by atoms with Gasteiger partial charge in [-0.3, -0.25) is 26.7 Å². The van der Waals surface area contributed by atoms with Crippen LogP contribution in [0, 0.1) is 80.8 Å². The summed E-state index contributed by atoms with van der Waals surface area (Å²) in [7, 11) is 12.1. The molecule has 0 atom stereocenters. The maximum absolute atomic E-state index is 13.6. The van der Waals surface area contributed by atoms with E-state index in [2.05, 4.69) is 90.1 Å². The van der Waals surface area contributed by atoms with E-state index < -0.39 is 23.8 Å². The van der Waals surface area contributed by atoms with Crippen LogP contribution in [0.2, 0.25) is 0 Å². The molecule has 11 rings (SSSR count). The first-order valence-electron chi connectivity index (χ1n) is 21.8. The van der Waals surface area contributed by atoms with Gasteiger partial charge >= 0.3 is 21.1 Å². The van der Waals surface area contributed by atoms with Crippen LogP contribution in [0.5, 0.6) is 11.5 Å². The van der Waals surface area contributed by atoms with Gasteiger partial charge in [-0.05, 0) is 94.9 Å². The smallest absolute Gasteiger partial charge is 0.562 e. The third kappa shape index (κ3) is 11.2. The molecule has 0 fully saturated rings. The van der Waals surface area contributed by atoms with Gasteiger partial charge in [-0.2, -0.15) is 43.7 Å². The van der Waals surface area contributed by atoms with E-state index in [1.807, 2.05) is 169 Å². The van der Waals surface area contributed by atoms with Gasteiger partial charge in [0, 0.05) is 50.4 Å². The van der Waals surface area contributed by atoms with Gasteiger partial charge in [0.25, 0.3) is 0 Å². The van der Waals surface area contributed by atoms with Crippen LogP contribution < -0.4 is 33.8 Å². The molecule has 0 aliphatic carbocycles. The fourth-order valence-corrected chi connectivity index (χ4v) is 7.80. The van der Waals surface area contributed by atoms with E-state index in [1.165, 1.54) is 18.2 Å². The molecule has 0 saturated heterocycles. The number of rotatable bonds is 10. The predicted molar refractivity (Wildman–Crippen MR) is 257 cm³/mol. The number of aromatic nitrogens is 5. The Hall–Kier alpha value is -7.37. The first-order chi connectivity index (χ1) is 34.2. The van der Waals surface area contributed by atoms with Crippen molar-refractivity contribution in [3.63, 3.8) is 0 Å². The van der Waals surface area contributed by atoms with Crippen molar-refractivity contribution >= 4 is 28.4 Å². The second-order valence-corrected chi connectivity index (χ2v) is 16.7. The Bertz CT molecular complexity index is 3090. The number of anilines is 5. The van der Waals surface area contributed by atoms with Crippen molar-refractivity contribution in [3.8, 4) is 39.7 Å². The zero-order valence-electron chi connectivity index (χ0n) is 39.8. The molecule has 73 heavy (non-hydrogen) atoms. The average Bonchev–Trinajstić information content (AvgIpc) is 4.23. The SMILES string of the molecule is CN1C=CN(c2[c-]c(N3C=CN(C)[CH-]3)c(N3C=CN(C)[CH-]3)[c-]c2Oc2[c-]c(N3C=CN(C)[CH-]3)c(-n3cc[n+](C)c3)cc2N2C=CN(C)C2)[CH-]1.Fc1c[c-]c(-c2cccc(-c3[c-]cc(F)nc3F)n2)c(F)n1.[Pt+4].[Rh]. The van der Waals surface area contributed by atoms with E-state index in [1.54, 1.807) is 0 Å². The normalized spacial score (nSPS) is 15.6. The zero-order valence-corrected chi connectivity index (χ0v) is 43.7. The third-order valence-corrected chi connectivity index (χ3v) is 11.2. The van der Waals surface area contributed by atoms with Crippen molar-refractivity contribution in [1.29, 1.82) is 0 Å². The first-order valence-corrected chi connectivity index (χ1v) is 21.8. The van der Waals surface area contributed by atoms with Crippen LogP contribution in [0.1, 0.15) is 0 Å². The summed E-state index contributed by atoms with van der Waals surface area (Å²) >= 11 is 0. The fraction of sp³-hybridized carbons (Fsp3) is 0.137. The van der Waals surface area contributed by atoms with E-state index in [9.17, 15) is 17.6 Å². The van der Waals surface area contributed by atoms with Crippen LogP contribution in [-0.4, -0.2) is 85.9 Å². The van der Waals surface area contributed by atoms with Gasteiger partial charge in [-0.1, -0.05) is 59.0 Å². The molecular weight excluding hydrogens is 1210 g/mol. The standard InChI is InChI=1S/C36H38N12O.C15H5F4N3.Pt.Rh/c1-37-7-13-43(23-37)29-19-33(47-17-11-41(5)27-47)35(21-31(29)45-15-9-39(3)25-45)49-36-22-32(46-16-10-40(4)26-46)30(44-14-8-38(2)24-44)20-34(36)48-18-12-42(6)28-48;16-12-6-4-8(14(18)21-12)10-2-1-3-11(20-10)9-5-7-13(17)22-15(9)19;;/h7-19,23-26,28H,27H2,1-6H3;1-3,6-7H;;/q-6;-2;+4;. The number of ether oxygens (including phenoxy) is 1. The monoisotopic (exact) mass is 1260 g/mol. The van der Waals surface area contributed by atoms with Gasteiger partial charge in [-0.25, -0.2) is 22.1 Å². The number of hydrogen-bond acceptors (Lipinski definition) is 14. The predicted octanol–water partition coefficient (Wildman–Crippen LogP) is 7.40. The van der Waals surface area contributed by atoms with Crippen LogP contribution in [0.3, 0.4) is 0 Å². The number of nitrogens with zero attached hydrogens (tertiary/aromatic N) is 15. The largest absolute Gasteiger partial charge is 4.00 e. The van der Waals surface area contributed by atoms with Crippen molar-refractivity contribution in [1.82, 2.24) is 44.0 Å². The average molecular weight is 1260 g/mol. The van der Waals surface area contributed by atoms with Gasteiger partial charge in [0.05, 0.1) is 13.7 Å².